The van der Waals surface area contributed by atoms with Crippen LogP contribution in [0.1, 0.15) is 16.8 Å². The highest BCUT2D eigenvalue weighted by Gasteiger charge is 1.97. The van der Waals surface area contributed by atoms with Crippen molar-refractivity contribution in [2.75, 3.05) is 6.54 Å². The summed E-state index contributed by atoms with van der Waals surface area (Å²) in [6, 6.07) is 7.93. The Kier molecular flexibility index (Phi) is 4.25. The van der Waals surface area contributed by atoms with Crippen LogP contribution >= 0.6 is 11.3 Å². The van der Waals surface area contributed by atoms with Crippen LogP contribution in [-0.2, 0) is 13.0 Å². The van der Waals surface area contributed by atoms with Crippen molar-refractivity contribution in [2.45, 2.75) is 13.0 Å². The number of hydrogen-bond acceptors (Lipinski definition) is 4. The molecule has 0 saturated heterocycles. The van der Waals surface area contributed by atoms with Crippen molar-refractivity contribution >= 4 is 11.3 Å². The van der Waals surface area contributed by atoms with E-state index in [0.717, 1.165) is 25.1 Å². The number of nitrogens with one attached hydrogen (secondary N) is 1. The predicted molar refractivity (Wildman–Crippen MR) is 68.7 cm³/mol. The monoisotopic (exact) mass is 243 g/mol. The van der Waals surface area contributed by atoms with Crippen LogP contribution < -0.4 is 5.32 Å². The van der Waals surface area contributed by atoms with E-state index in [1.807, 2.05) is 18.2 Å². The molecule has 1 N–H and O–H groups in total. The van der Waals surface area contributed by atoms with Crippen molar-refractivity contribution in [3.63, 3.8) is 0 Å². The Morgan fingerprint density at radius 3 is 3.06 bits per heavy atom. The third-order valence-electron chi connectivity index (χ3n) is 2.44. The van der Waals surface area contributed by atoms with E-state index in [1.54, 1.807) is 17.5 Å². The molecule has 86 valence electrons. The van der Waals surface area contributed by atoms with Crippen molar-refractivity contribution in [3.8, 4) is 6.07 Å². The van der Waals surface area contributed by atoms with Crippen LogP contribution in [0.25, 0.3) is 0 Å². The maximum Gasteiger partial charge on any atom is 0.140 e. The van der Waals surface area contributed by atoms with E-state index >= 15 is 0 Å². The van der Waals surface area contributed by atoms with Gasteiger partial charge in [0, 0.05) is 12.7 Å². The minimum Gasteiger partial charge on any atom is -0.312 e. The number of nitrogens with zero attached hydrogens (tertiary/aromatic N) is 2. The number of rotatable bonds is 5. The zero-order chi connectivity index (χ0) is 11.9. The topological polar surface area (TPSA) is 48.7 Å². The summed E-state index contributed by atoms with van der Waals surface area (Å²) in [7, 11) is 0. The zero-order valence-electron chi connectivity index (χ0n) is 9.39. The summed E-state index contributed by atoms with van der Waals surface area (Å²) in [5.74, 6) is 0. The molecule has 17 heavy (non-hydrogen) atoms. The number of nitriles is 1. The first-order valence-corrected chi connectivity index (χ1v) is 6.39. The molecule has 0 aliphatic rings. The van der Waals surface area contributed by atoms with Crippen LogP contribution in [0.2, 0.25) is 0 Å². The summed E-state index contributed by atoms with van der Waals surface area (Å²) in [5.41, 5.74) is 2.94. The summed E-state index contributed by atoms with van der Waals surface area (Å²) in [6.45, 7) is 1.72. The van der Waals surface area contributed by atoms with Gasteiger partial charge in [0.15, 0.2) is 0 Å². The molecule has 4 heteroatoms. The lowest BCUT2D eigenvalue weighted by atomic mass is 10.2. The quantitative estimate of drug-likeness (QED) is 0.820. The van der Waals surface area contributed by atoms with Crippen molar-refractivity contribution in [2.24, 2.45) is 0 Å². The number of hydrogen-bond donors (Lipinski definition) is 1. The first-order valence-electron chi connectivity index (χ1n) is 5.45. The molecule has 0 atom stereocenters. The minimum atomic E-state index is 0.474. The molecule has 0 aliphatic heterocycles. The molecule has 0 saturated carbocycles. The molecule has 0 radical (unpaired) electrons. The van der Waals surface area contributed by atoms with E-state index in [2.05, 4.69) is 27.1 Å². The summed E-state index contributed by atoms with van der Waals surface area (Å²) in [6.07, 6.45) is 2.72. The Bertz CT molecular complexity index is 500. The molecule has 0 fully saturated rings. The highest BCUT2D eigenvalue weighted by atomic mass is 32.1. The Hall–Kier alpha value is -1.70. The molecule has 2 aromatic heterocycles. The van der Waals surface area contributed by atoms with E-state index in [-0.39, 0.29) is 0 Å². The highest BCUT2D eigenvalue weighted by Crippen LogP contribution is 2.06. The Morgan fingerprint density at radius 2 is 2.29 bits per heavy atom. The van der Waals surface area contributed by atoms with Crippen molar-refractivity contribution in [3.05, 3.63) is 52.0 Å². The largest absolute Gasteiger partial charge is 0.312 e. The van der Waals surface area contributed by atoms with Gasteiger partial charge in [0.05, 0.1) is 0 Å². The predicted octanol–water partition coefficient (Wildman–Crippen LogP) is 2.35. The smallest absolute Gasteiger partial charge is 0.140 e. The average molecular weight is 243 g/mol. The van der Waals surface area contributed by atoms with Crippen LogP contribution in [0.5, 0.6) is 0 Å². The fourth-order valence-electron chi connectivity index (χ4n) is 1.55. The molecule has 0 unspecified atom stereocenters. The van der Waals surface area contributed by atoms with Gasteiger partial charge in [0.1, 0.15) is 11.8 Å². The molecule has 2 heterocycles. The fourth-order valence-corrected chi connectivity index (χ4v) is 2.25. The van der Waals surface area contributed by atoms with Crippen molar-refractivity contribution in [1.82, 2.24) is 10.3 Å². The van der Waals surface area contributed by atoms with Gasteiger partial charge in [-0.1, -0.05) is 0 Å². The lowest BCUT2D eigenvalue weighted by Crippen LogP contribution is -2.16. The van der Waals surface area contributed by atoms with Gasteiger partial charge in [0.2, 0.25) is 0 Å². The van der Waals surface area contributed by atoms with E-state index in [9.17, 15) is 0 Å². The molecule has 0 aromatic carbocycles. The molecule has 0 spiro atoms. The van der Waals surface area contributed by atoms with Gasteiger partial charge in [-0.05, 0) is 53.1 Å². The Labute approximate surface area is 105 Å². The molecule has 0 aliphatic carbocycles. The van der Waals surface area contributed by atoms with Crippen LogP contribution in [-0.4, -0.2) is 11.5 Å². The van der Waals surface area contributed by atoms with Gasteiger partial charge < -0.3 is 5.32 Å². The van der Waals surface area contributed by atoms with E-state index in [4.69, 9.17) is 5.26 Å². The second kappa shape index (κ2) is 6.14. The molecule has 2 rings (SSSR count). The van der Waals surface area contributed by atoms with E-state index in [1.165, 1.54) is 5.56 Å². The fraction of sp³-hybridized carbons (Fsp3) is 0.231. The maximum atomic E-state index is 8.73. The average Bonchev–Trinajstić information content (AvgIpc) is 2.88. The second-order valence-electron chi connectivity index (χ2n) is 3.72. The number of thiophene rings is 1. The van der Waals surface area contributed by atoms with Crippen LogP contribution in [0, 0.1) is 11.3 Å². The SMILES string of the molecule is N#Cc1cc(CNCCc2ccsc2)ccn1. The van der Waals surface area contributed by atoms with Gasteiger partial charge in [-0.15, -0.1) is 0 Å². The standard InChI is InChI=1S/C13H13N3S/c14-8-13-7-12(2-5-16-13)9-15-4-1-11-3-6-17-10-11/h2-3,5-7,10,15H,1,4,9H2. The summed E-state index contributed by atoms with van der Waals surface area (Å²) < 4.78 is 0. The lowest BCUT2D eigenvalue weighted by Gasteiger charge is -2.04. The van der Waals surface area contributed by atoms with Crippen molar-refractivity contribution < 1.29 is 0 Å². The molecular weight excluding hydrogens is 230 g/mol. The number of pyridine rings is 1. The maximum absolute atomic E-state index is 8.73. The summed E-state index contributed by atoms with van der Waals surface area (Å²) >= 11 is 1.73. The second-order valence-corrected chi connectivity index (χ2v) is 4.50. The lowest BCUT2D eigenvalue weighted by molar-refractivity contribution is 0.687. The van der Waals surface area contributed by atoms with E-state index in [0.29, 0.717) is 5.69 Å². The van der Waals surface area contributed by atoms with Gasteiger partial charge in [-0.2, -0.15) is 16.6 Å². The highest BCUT2D eigenvalue weighted by molar-refractivity contribution is 7.07. The zero-order valence-corrected chi connectivity index (χ0v) is 10.2. The van der Waals surface area contributed by atoms with Gasteiger partial charge in [-0.25, -0.2) is 4.98 Å². The first kappa shape index (κ1) is 11.8. The number of aromatic nitrogens is 1. The molecule has 0 bridgehead atoms. The third kappa shape index (κ3) is 3.66. The summed E-state index contributed by atoms with van der Waals surface area (Å²) in [4.78, 5) is 3.94. The van der Waals surface area contributed by atoms with Gasteiger partial charge in [0.25, 0.3) is 0 Å². The third-order valence-corrected chi connectivity index (χ3v) is 3.17. The Balaban J connectivity index is 1.76. The molecule has 2 aromatic rings. The normalized spacial score (nSPS) is 10.1. The van der Waals surface area contributed by atoms with Crippen LogP contribution in [0.3, 0.4) is 0 Å². The van der Waals surface area contributed by atoms with Crippen LogP contribution in [0.4, 0.5) is 0 Å². The van der Waals surface area contributed by atoms with Gasteiger partial charge >= 0.3 is 0 Å². The van der Waals surface area contributed by atoms with Crippen molar-refractivity contribution in [1.29, 1.82) is 5.26 Å². The minimum absolute atomic E-state index is 0.474. The molecule has 3 nitrogen and oxygen atoms in total. The molecular formula is C13H13N3S. The Morgan fingerprint density at radius 1 is 1.35 bits per heavy atom. The first-order chi connectivity index (χ1) is 8.38. The van der Waals surface area contributed by atoms with Gasteiger partial charge in [-0.3, -0.25) is 0 Å². The molecule has 0 amide bonds. The van der Waals surface area contributed by atoms with Crippen LogP contribution in [0.15, 0.2) is 35.2 Å². The van der Waals surface area contributed by atoms with E-state index < -0.39 is 0 Å². The summed E-state index contributed by atoms with van der Waals surface area (Å²) in [5, 5.41) is 16.3.